The van der Waals surface area contributed by atoms with Gasteiger partial charge in [-0.05, 0) is 32.6 Å². The number of hydrogen-bond donors (Lipinski definition) is 0. The first-order valence-electron chi connectivity index (χ1n) is 7.80. The average Bonchev–Trinajstić information content (AvgIpc) is 2.70. The van der Waals surface area contributed by atoms with Crippen molar-refractivity contribution >= 4 is 17.5 Å². The molecule has 0 radical (unpaired) electrons. The molecule has 1 aliphatic rings. The van der Waals surface area contributed by atoms with Crippen molar-refractivity contribution in [1.29, 1.82) is 0 Å². The Labute approximate surface area is 132 Å². The van der Waals surface area contributed by atoms with Gasteiger partial charge in [0.25, 0.3) is 0 Å². The van der Waals surface area contributed by atoms with Crippen molar-refractivity contribution in [2.24, 2.45) is 13.0 Å². The van der Waals surface area contributed by atoms with E-state index in [-0.39, 0.29) is 11.8 Å². The predicted molar refractivity (Wildman–Crippen MR) is 85.4 cm³/mol. The number of aromatic nitrogens is 2. The fourth-order valence-electron chi connectivity index (χ4n) is 3.44. The summed E-state index contributed by atoms with van der Waals surface area (Å²) in [6.07, 6.45) is 4.75. The predicted octanol–water partition coefficient (Wildman–Crippen LogP) is 3.18. The fraction of sp³-hybridized carbons (Fsp3) is 0.750. The van der Waals surface area contributed by atoms with Crippen LogP contribution in [0.3, 0.4) is 0 Å². The van der Waals surface area contributed by atoms with Crippen molar-refractivity contribution in [1.82, 2.24) is 14.7 Å². The first kappa shape index (κ1) is 16.3. The summed E-state index contributed by atoms with van der Waals surface area (Å²) in [6, 6.07) is 0.309. The molecule has 21 heavy (non-hydrogen) atoms. The minimum Gasteiger partial charge on any atom is -0.334 e. The lowest BCUT2D eigenvalue weighted by molar-refractivity contribution is -0.133. The summed E-state index contributed by atoms with van der Waals surface area (Å²) in [7, 11) is 1.95. The largest absolute Gasteiger partial charge is 0.334 e. The third-order valence-electron chi connectivity index (χ3n) is 4.89. The number of rotatable bonds is 4. The number of hydrogen-bond acceptors (Lipinski definition) is 2. The van der Waals surface area contributed by atoms with Gasteiger partial charge in [-0.1, -0.05) is 19.8 Å². The molecular formula is C16H26ClN3O. The first-order chi connectivity index (χ1) is 9.95. The van der Waals surface area contributed by atoms with Gasteiger partial charge in [-0.25, -0.2) is 0 Å². The molecule has 0 bridgehead atoms. The lowest BCUT2D eigenvalue weighted by atomic mass is 9.84. The van der Waals surface area contributed by atoms with E-state index in [4.69, 9.17) is 11.6 Å². The summed E-state index contributed by atoms with van der Waals surface area (Å²) in [5.74, 6) is 0.642. The maximum Gasteiger partial charge on any atom is 0.238 e. The molecule has 2 unspecified atom stereocenters. The van der Waals surface area contributed by atoms with Gasteiger partial charge in [-0.3, -0.25) is 9.48 Å². The molecule has 2 atom stereocenters. The van der Waals surface area contributed by atoms with Gasteiger partial charge >= 0.3 is 0 Å². The van der Waals surface area contributed by atoms with E-state index in [9.17, 15) is 4.79 Å². The average molecular weight is 312 g/mol. The van der Waals surface area contributed by atoms with Gasteiger partial charge in [-0.2, -0.15) is 5.10 Å². The molecule has 1 aromatic heterocycles. The third kappa shape index (κ3) is 3.42. The molecule has 0 aromatic carbocycles. The molecule has 5 heteroatoms. The van der Waals surface area contributed by atoms with Crippen LogP contribution < -0.4 is 0 Å². The van der Waals surface area contributed by atoms with Gasteiger partial charge in [0.1, 0.15) is 5.88 Å². The molecule has 1 saturated carbocycles. The van der Waals surface area contributed by atoms with E-state index in [1.807, 2.05) is 23.6 Å². The van der Waals surface area contributed by atoms with Crippen molar-refractivity contribution in [2.75, 3.05) is 5.88 Å². The molecule has 0 aliphatic heterocycles. The van der Waals surface area contributed by atoms with Crippen LogP contribution in [0.5, 0.6) is 0 Å². The van der Waals surface area contributed by atoms with E-state index in [2.05, 4.69) is 18.9 Å². The summed E-state index contributed by atoms with van der Waals surface area (Å²) in [4.78, 5) is 14.4. The van der Waals surface area contributed by atoms with E-state index < -0.39 is 0 Å². The van der Waals surface area contributed by atoms with Gasteiger partial charge in [0, 0.05) is 30.9 Å². The van der Waals surface area contributed by atoms with E-state index in [0.717, 1.165) is 23.4 Å². The van der Waals surface area contributed by atoms with Crippen molar-refractivity contribution < 1.29 is 4.79 Å². The number of halogens is 1. The Bertz CT molecular complexity index is 512. The molecule has 1 aliphatic carbocycles. The van der Waals surface area contributed by atoms with Crippen LogP contribution in [0.4, 0.5) is 0 Å². The van der Waals surface area contributed by atoms with Gasteiger partial charge in [-0.15, -0.1) is 11.6 Å². The number of carbonyl (C=O) groups is 1. The molecule has 0 N–H and O–H groups in total. The number of aryl methyl sites for hydroxylation is 2. The minimum absolute atomic E-state index is 0.0399. The molecule has 2 rings (SSSR count). The molecular weight excluding hydrogens is 286 g/mol. The van der Waals surface area contributed by atoms with Crippen LogP contribution in [0.1, 0.15) is 49.6 Å². The Morgan fingerprint density at radius 1 is 1.38 bits per heavy atom. The highest BCUT2D eigenvalue weighted by atomic mass is 35.5. The van der Waals surface area contributed by atoms with Gasteiger partial charge in [0.2, 0.25) is 5.91 Å². The van der Waals surface area contributed by atoms with E-state index in [1.54, 1.807) is 0 Å². The highest BCUT2D eigenvalue weighted by Crippen LogP contribution is 2.30. The van der Waals surface area contributed by atoms with Gasteiger partial charge < -0.3 is 4.90 Å². The zero-order valence-electron chi connectivity index (χ0n) is 13.5. The number of alkyl halides is 1. The van der Waals surface area contributed by atoms with Gasteiger partial charge in [0.05, 0.1) is 5.69 Å². The quantitative estimate of drug-likeness (QED) is 0.801. The highest BCUT2D eigenvalue weighted by Gasteiger charge is 2.31. The molecule has 1 amide bonds. The van der Waals surface area contributed by atoms with E-state index >= 15 is 0 Å². The Morgan fingerprint density at radius 3 is 2.57 bits per heavy atom. The molecule has 118 valence electrons. The maximum atomic E-state index is 12.4. The topological polar surface area (TPSA) is 38.1 Å². The lowest BCUT2D eigenvalue weighted by Crippen LogP contribution is -2.45. The standard InChI is InChI=1S/C16H26ClN3O/c1-11-7-5-6-8-15(11)20(16(21)9-17)10-14-12(2)18-19(4)13(14)3/h11,15H,5-10H2,1-4H3. The zero-order valence-corrected chi connectivity index (χ0v) is 14.3. The summed E-state index contributed by atoms with van der Waals surface area (Å²) >= 11 is 5.85. The van der Waals surface area contributed by atoms with Crippen molar-refractivity contribution in [3.8, 4) is 0 Å². The van der Waals surface area contributed by atoms with Crippen LogP contribution in [0.2, 0.25) is 0 Å². The van der Waals surface area contributed by atoms with Crippen molar-refractivity contribution in [2.45, 2.75) is 59.0 Å². The highest BCUT2D eigenvalue weighted by molar-refractivity contribution is 6.27. The number of nitrogens with zero attached hydrogens (tertiary/aromatic N) is 3. The normalized spacial score (nSPS) is 22.3. The maximum absolute atomic E-state index is 12.4. The van der Waals surface area contributed by atoms with Crippen LogP contribution in [-0.2, 0) is 18.4 Å². The molecule has 1 aromatic rings. The summed E-state index contributed by atoms with van der Waals surface area (Å²) in [5.41, 5.74) is 3.29. The molecule has 0 saturated heterocycles. The monoisotopic (exact) mass is 311 g/mol. The Kier molecular flexibility index (Phi) is 5.31. The Balaban J connectivity index is 2.26. The Hall–Kier alpha value is -1.03. The molecule has 4 nitrogen and oxygen atoms in total. The summed E-state index contributed by atoms with van der Waals surface area (Å²) < 4.78 is 1.89. The molecule has 1 heterocycles. The second-order valence-corrected chi connectivity index (χ2v) is 6.52. The van der Waals surface area contributed by atoms with Crippen LogP contribution in [-0.4, -0.2) is 32.5 Å². The minimum atomic E-state index is 0.0399. The van der Waals surface area contributed by atoms with Crippen molar-refractivity contribution in [3.63, 3.8) is 0 Å². The van der Waals surface area contributed by atoms with Crippen LogP contribution in [0.15, 0.2) is 0 Å². The fourth-order valence-corrected chi connectivity index (χ4v) is 3.60. The molecule has 1 fully saturated rings. The lowest BCUT2D eigenvalue weighted by Gasteiger charge is -2.38. The van der Waals surface area contributed by atoms with Crippen LogP contribution >= 0.6 is 11.6 Å². The first-order valence-corrected chi connectivity index (χ1v) is 8.33. The summed E-state index contributed by atoms with van der Waals surface area (Å²) in [6.45, 7) is 6.95. The van der Waals surface area contributed by atoms with Gasteiger partial charge in [0.15, 0.2) is 0 Å². The van der Waals surface area contributed by atoms with Crippen LogP contribution in [0, 0.1) is 19.8 Å². The zero-order chi connectivity index (χ0) is 15.6. The van der Waals surface area contributed by atoms with E-state index in [0.29, 0.717) is 18.5 Å². The number of amides is 1. The van der Waals surface area contributed by atoms with E-state index in [1.165, 1.54) is 19.3 Å². The smallest absolute Gasteiger partial charge is 0.238 e. The van der Waals surface area contributed by atoms with Crippen molar-refractivity contribution in [3.05, 3.63) is 17.0 Å². The van der Waals surface area contributed by atoms with Crippen LogP contribution in [0.25, 0.3) is 0 Å². The molecule has 0 spiro atoms. The Morgan fingerprint density at radius 2 is 2.05 bits per heavy atom. The second-order valence-electron chi connectivity index (χ2n) is 6.26. The number of carbonyl (C=O) groups excluding carboxylic acids is 1. The third-order valence-corrected chi connectivity index (χ3v) is 5.12. The second kappa shape index (κ2) is 6.82. The summed E-state index contributed by atoms with van der Waals surface area (Å²) in [5, 5.41) is 4.46. The SMILES string of the molecule is Cc1nn(C)c(C)c1CN(C(=O)CCl)C1CCCCC1C.